The molecule has 0 aromatic carbocycles. The molecule has 96 valence electrons. The van der Waals surface area contributed by atoms with Gasteiger partial charge in [-0.3, -0.25) is 4.98 Å². The fourth-order valence-electron chi connectivity index (χ4n) is 1.64. The van der Waals surface area contributed by atoms with Crippen LogP contribution in [0.4, 0.5) is 0 Å². The zero-order valence-corrected chi connectivity index (χ0v) is 11.0. The van der Waals surface area contributed by atoms with E-state index in [1.165, 1.54) is 5.56 Å². The van der Waals surface area contributed by atoms with Crippen molar-refractivity contribution in [2.75, 3.05) is 7.11 Å². The van der Waals surface area contributed by atoms with E-state index >= 15 is 0 Å². The zero-order valence-electron chi connectivity index (χ0n) is 11.0. The number of nitrogens with zero attached hydrogens (tertiary/aromatic N) is 1. The maximum absolute atomic E-state index is 9.90. The van der Waals surface area contributed by atoms with Crippen LogP contribution in [0.25, 0.3) is 0 Å². The molecule has 1 aromatic heterocycles. The Morgan fingerprint density at radius 1 is 1.29 bits per heavy atom. The molecule has 0 aliphatic heterocycles. The van der Waals surface area contributed by atoms with Crippen molar-refractivity contribution < 1.29 is 9.84 Å². The van der Waals surface area contributed by atoms with Gasteiger partial charge in [0.15, 0.2) is 0 Å². The summed E-state index contributed by atoms with van der Waals surface area (Å²) in [5.41, 5.74) is 1.09. The standard InChI is InChI=1S/C14H23NO2/c1-14(2,17-3)9-6-13(16)5-4-12-7-10-15-11-8-12/h7-8,10-11,13,16H,4-6,9H2,1-3H3. The Labute approximate surface area is 104 Å². The number of ether oxygens (including phenoxy) is 1. The second-order valence-corrected chi connectivity index (χ2v) is 5.05. The van der Waals surface area contributed by atoms with Crippen LogP contribution in [0.5, 0.6) is 0 Å². The van der Waals surface area contributed by atoms with Gasteiger partial charge in [-0.15, -0.1) is 0 Å². The lowest BCUT2D eigenvalue weighted by molar-refractivity contribution is 0.00231. The molecule has 1 aromatic rings. The van der Waals surface area contributed by atoms with Crippen LogP contribution in [-0.2, 0) is 11.2 Å². The van der Waals surface area contributed by atoms with Gasteiger partial charge in [0.25, 0.3) is 0 Å². The van der Waals surface area contributed by atoms with E-state index in [4.69, 9.17) is 4.74 Å². The number of pyridine rings is 1. The lowest BCUT2D eigenvalue weighted by Gasteiger charge is -2.24. The van der Waals surface area contributed by atoms with Crippen LogP contribution in [0.2, 0.25) is 0 Å². The molecule has 0 spiro atoms. The van der Waals surface area contributed by atoms with E-state index in [1.54, 1.807) is 19.5 Å². The fraction of sp³-hybridized carbons (Fsp3) is 0.643. The maximum Gasteiger partial charge on any atom is 0.0623 e. The lowest BCUT2D eigenvalue weighted by atomic mass is 9.97. The van der Waals surface area contributed by atoms with Gasteiger partial charge >= 0.3 is 0 Å². The number of aliphatic hydroxyl groups is 1. The monoisotopic (exact) mass is 237 g/mol. The highest BCUT2D eigenvalue weighted by molar-refractivity contribution is 5.09. The molecule has 0 fully saturated rings. The second-order valence-electron chi connectivity index (χ2n) is 5.05. The number of hydrogen-bond donors (Lipinski definition) is 1. The van der Waals surface area contributed by atoms with Gasteiger partial charge in [-0.05, 0) is 57.2 Å². The van der Waals surface area contributed by atoms with E-state index in [-0.39, 0.29) is 11.7 Å². The molecule has 1 N–H and O–H groups in total. The minimum Gasteiger partial charge on any atom is -0.393 e. The third kappa shape index (κ3) is 5.80. The van der Waals surface area contributed by atoms with Gasteiger partial charge in [0.2, 0.25) is 0 Å². The van der Waals surface area contributed by atoms with Crippen LogP contribution >= 0.6 is 0 Å². The molecule has 0 amide bonds. The van der Waals surface area contributed by atoms with Crippen molar-refractivity contribution in [3.8, 4) is 0 Å². The van der Waals surface area contributed by atoms with Crippen molar-refractivity contribution in [3.63, 3.8) is 0 Å². The molecule has 1 unspecified atom stereocenters. The molecule has 3 nitrogen and oxygen atoms in total. The van der Waals surface area contributed by atoms with E-state index in [0.717, 1.165) is 25.7 Å². The van der Waals surface area contributed by atoms with Gasteiger partial charge in [-0.1, -0.05) is 0 Å². The summed E-state index contributed by atoms with van der Waals surface area (Å²) in [7, 11) is 1.71. The van der Waals surface area contributed by atoms with Crippen molar-refractivity contribution in [3.05, 3.63) is 30.1 Å². The average molecular weight is 237 g/mol. The highest BCUT2D eigenvalue weighted by Crippen LogP contribution is 2.18. The zero-order chi connectivity index (χ0) is 12.7. The Bertz CT molecular complexity index is 311. The van der Waals surface area contributed by atoms with Crippen molar-refractivity contribution in [1.29, 1.82) is 0 Å². The summed E-state index contributed by atoms with van der Waals surface area (Å²) in [6.45, 7) is 4.09. The fourth-order valence-corrected chi connectivity index (χ4v) is 1.64. The minimum absolute atomic E-state index is 0.141. The summed E-state index contributed by atoms with van der Waals surface area (Å²) in [6.07, 6.45) is 6.68. The molecule has 0 saturated heterocycles. The van der Waals surface area contributed by atoms with Gasteiger partial charge < -0.3 is 9.84 Å². The largest absolute Gasteiger partial charge is 0.393 e. The van der Waals surface area contributed by atoms with Gasteiger partial charge in [-0.2, -0.15) is 0 Å². The van der Waals surface area contributed by atoms with Gasteiger partial charge in [-0.25, -0.2) is 0 Å². The smallest absolute Gasteiger partial charge is 0.0623 e. The molecule has 0 aliphatic rings. The van der Waals surface area contributed by atoms with E-state index in [9.17, 15) is 5.11 Å². The van der Waals surface area contributed by atoms with Crippen LogP contribution in [0.1, 0.15) is 38.7 Å². The van der Waals surface area contributed by atoms with E-state index < -0.39 is 0 Å². The molecular formula is C14H23NO2. The first kappa shape index (κ1) is 14.1. The second kappa shape index (κ2) is 6.72. The third-order valence-corrected chi connectivity index (χ3v) is 3.15. The number of aromatic nitrogens is 1. The number of aryl methyl sites for hydroxylation is 1. The number of rotatable bonds is 7. The predicted molar refractivity (Wildman–Crippen MR) is 68.9 cm³/mol. The van der Waals surface area contributed by atoms with Crippen LogP contribution in [0, 0.1) is 0 Å². The molecule has 0 saturated carbocycles. The molecule has 3 heteroatoms. The van der Waals surface area contributed by atoms with Crippen LogP contribution in [0.15, 0.2) is 24.5 Å². The summed E-state index contributed by atoms with van der Waals surface area (Å²) < 4.78 is 5.33. The first-order chi connectivity index (χ1) is 8.03. The number of hydrogen-bond acceptors (Lipinski definition) is 3. The Hall–Kier alpha value is -0.930. The minimum atomic E-state index is -0.252. The van der Waals surface area contributed by atoms with Crippen LogP contribution in [0.3, 0.4) is 0 Å². The Morgan fingerprint density at radius 2 is 1.94 bits per heavy atom. The van der Waals surface area contributed by atoms with Gasteiger partial charge in [0.1, 0.15) is 0 Å². The molecule has 0 bridgehead atoms. The van der Waals surface area contributed by atoms with Crippen molar-refractivity contribution in [1.82, 2.24) is 4.98 Å². The summed E-state index contributed by atoms with van der Waals surface area (Å²) in [5, 5.41) is 9.90. The average Bonchev–Trinajstić information content (AvgIpc) is 2.35. The predicted octanol–water partition coefficient (Wildman–Crippen LogP) is 2.58. The molecule has 1 rings (SSSR count). The first-order valence-corrected chi connectivity index (χ1v) is 6.15. The molecule has 1 atom stereocenters. The lowest BCUT2D eigenvalue weighted by Crippen LogP contribution is -2.24. The van der Waals surface area contributed by atoms with E-state index in [1.807, 2.05) is 26.0 Å². The first-order valence-electron chi connectivity index (χ1n) is 6.15. The van der Waals surface area contributed by atoms with Gasteiger partial charge in [0, 0.05) is 19.5 Å². The van der Waals surface area contributed by atoms with E-state index in [0.29, 0.717) is 0 Å². The maximum atomic E-state index is 9.90. The normalized spacial score (nSPS) is 13.6. The molecule has 1 heterocycles. The molecule has 0 aliphatic carbocycles. The van der Waals surface area contributed by atoms with E-state index in [2.05, 4.69) is 4.98 Å². The van der Waals surface area contributed by atoms with Crippen molar-refractivity contribution >= 4 is 0 Å². The van der Waals surface area contributed by atoms with Crippen molar-refractivity contribution in [2.45, 2.75) is 51.2 Å². The SMILES string of the molecule is COC(C)(C)CCC(O)CCc1ccncc1. The topological polar surface area (TPSA) is 42.4 Å². The molecular weight excluding hydrogens is 214 g/mol. The third-order valence-electron chi connectivity index (χ3n) is 3.15. The Balaban J connectivity index is 2.24. The summed E-state index contributed by atoms with van der Waals surface area (Å²) >= 11 is 0. The molecule has 17 heavy (non-hydrogen) atoms. The van der Waals surface area contributed by atoms with Crippen LogP contribution in [-0.4, -0.2) is 28.9 Å². The summed E-state index contributed by atoms with van der Waals surface area (Å²) in [4.78, 5) is 3.97. The highest BCUT2D eigenvalue weighted by Gasteiger charge is 2.18. The summed E-state index contributed by atoms with van der Waals surface area (Å²) in [5.74, 6) is 0. The quantitative estimate of drug-likeness (QED) is 0.792. The van der Waals surface area contributed by atoms with Gasteiger partial charge in [0.05, 0.1) is 11.7 Å². The van der Waals surface area contributed by atoms with Crippen LogP contribution < -0.4 is 0 Å². The number of aliphatic hydroxyl groups excluding tert-OH is 1. The van der Waals surface area contributed by atoms with Crippen molar-refractivity contribution in [2.24, 2.45) is 0 Å². The highest BCUT2D eigenvalue weighted by atomic mass is 16.5. The Morgan fingerprint density at radius 3 is 2.53 bits per heavy atom. The number of methoxy groups -OCH3 is 1. The Kier molecular flexibility index (Phi) is 5.59. The summed E-state index contributed by atoms with van der Waals surface area (Å²) in [6, 6.07) is 3.98. The molecule has 0 radical (unpaired) electrons.